The van der Waals surface area contributed by atoms with Gasteiger partial charge in [0.2, 0.25) is 0 Å². The van der Waals surface area contributed by atoms with Gasteiger partial charge in [-0.15, -0.1) is 9.24 Å². The minimum Gasteiger partial charge on any atom is -0.404 e. The Bertz CT molecular complexity index is 228. The molecule has 0 bridgehead atoms. The van der Waals surface area contributed by atoms with E-state index in [0.29, 0.717) is 5.66 Å². The molecule has 0 radical (unpaired) electrons. The summed E-state index contributed by atoms with van der Waals surface area (Å²) in [6, 6.07) is 0.0104. The van der Waals surface area contributed by atoms with Gasteiger partial charge in [-0.1, -0.05) is 47.6 Å². The number of hydrogen-bond donors (Lipinski definition) is 2. The first-order valence-corrected chi connectivity index (χ1v) is 7.50. The third kappa shape index (κ3) is 13.7. The quantitative estimate of drug-likeness (QED) is 0.602. The zero-order valence-electron chi connectivity index (χ0n) is 13.6. The lowest BCUT2D eigenvalue weighted by molar-refractivity contribution is 0.737. The third-order valence-corrected chi connectivity index (χ3v) is 2.41. The normalized spacial score (nSPS) is 15.1. The Morgan fingerprint density at radius 1 is 1.11 bits per heavy atom. The van der Waals surface area contributed by atoms with E-state index >= 15 is 0 Å². The molecule has 3 atom stereocenters. The van der Waals surface area contributed by atoms with Crippen molar-refractivity contribution in [1.29, 1.82) is 0 Å². The van der Waals surface area contributed by atoms with Crippen LogP contribution in [-0.2, 0) is 0 Å². The van der Waals surface area contributed by atoms with Gasteiger partial charge in [0.1, 0.15) is 0 Å². The van der Waals surface area contributed by atoms with Crippen LogP contribution in [-0.4, -0.2) is 11.7 Å². The molecule has 0 fully saturated rings. The lowest BCUT2D eigenvalue weighted by Gasteiger charge is -2.19. The average Bonchev–Trinajstić information content (AvgIpc) is 2.31. The summed E-state index contributed by atoms with van der Waals surface area (Å²) in [5.41, 5.74) is 14.0. The van der Waals surface area contributed by atoms with Gasteiger partial charge in [-0.25, -0.2) is 0 Å². The third-order valence-electron chi connectivity index (χ3n) is 1.99. The molecule has 0 aromatic heterocycles. The molecule has 0 aliphatic carbocycles. The second kappa shape index (κ2) is 14.7. The molecule has 0 aromatic rings. The number of hydrogen-bond acceptors (Lipinski definition) is 2. The number of nitrogens with two attached hydrogens (primary N) is 2. The highest BCUT2D eigenvalue weighted by Crippen LogP contribution is 2.17. The van der Waals surface area contributed by atoms with Gasteiger partial charge >= 0.3 is 0 Å². The number of rotatable bonds is 3. The minimum atomic E-state index is 0.0104. The van der Waals surface area contributed by atoms with Crippen LogP contribution in [0.3, 0.4) is 0 Å². The summed E-state index contributed by atoms with van der Waals surface area (Å²) in [6.45, 7) is 16.6. The highest BCUT2D eigenvalue weighted by atomic mass is 31.0. The van der Waals surface area contributed by atoms with Crippen molar-refractivity contribution in [3.63, 3.8) is 0 Å². The number of allylic oxidation sites excluding steroid dienone is 1. The van der Waals surface area contributed by atoms with E-state index in [4.69, 9.17) is 11.5 Å². The molecule has 3 unspecified atom stereocenters. The Morgan fingerprint density at radius 3 is 1.61 bits per heavy atom. The van der Waals surface area contributed by atoms with Crippen LogP contribution in [0.25, 0.3) is 0 Å². The predicted octanol–water partition coefficient (Wildman–Crippen LogP) is 4.07. The lowest BCUT2D eigenvalue weighted by atomic mass is 9.99. The van der Waals surface area contributed by atoms with E-state index in [-0.39, 0.29) is 6.04 Å². The highest BCUT2D eigenvalue weighted by molar-refractivity contribution is 7.17. The first kappa shape index (κ1) is 22.8. The molecule has 0 heterocycles. The fraction of sp³-hybridized carbons (Fsp3) is 0.733. The maximum atomic E-state index is 5.94. The van der Waals surface area contributed by atoms with E-state index in [0.717, 1.165) is 17.1 Å². The van der Waals surface area contributed by atoms with Gasteiger partial charge in [0, 0.05) is 6.04 Å². The van der Waals surface area contributed by atoms with E-state index in [2.05, 4.69) is 36.9 Å². The van der Waals surface area contributed by atoms with Crippen molar-refractivity contribution in [2.75, 3.05) is 0 Å². The van der Waals surface area contributed by atoms with Crippen molar-refractivity contribution >= 4 is 9.24 Å². The fourth-order valence-electron chi connectivity index (χ4n) is 0.955. The largest absolute Gasteiger partial charge is 0.404 e. The second-order valence-corrected chi connectivity index (χ2v) is 5.76. The van der Waals surface area contributed by atoms with E-state index in [1.54, 1.807) is 6.20 Å². The van der Waals surface area contributed by atoms with Crippen molar-refractivity contribution in [2.45, 2.75) is 67.1 Å². The van der Waals surface area contributed by atoms with E-state index in [9.17, 15) is 0 Å². The van der Waals surface area contributed by atoms with Gasteiger partial charge in [-0.3, -0.25) is 0 Å². The zero-order chi connectivity index (χ0) is 15.3. The molecular weight excluding hydrogens is 239 g/mol. The monoisotopic (exact) mass is 274 g/mol. The standard InChI is InChI=1S/C9H19N2P.C4H10.C2H6/c1-4-6(2)8(5-10)9(11)7(3)12;1-4(2)3;1-2/h4-5,7,9H,10-12H2,1-3H3;4H,1-3H3;1-2H3/b6-4-,8-5+;;. The molecule has 18 heavy (non-hydrogen) atoms. The Balaban J connectivity index is -0.000000317. The van der Waals surface area contributed by atoms with Crippen LogP contribution in [0.2, 0.25) is 0 Å². The van der Waals surface area contributed by atoms with Crippen LogP contribution >= 0.6 is 9.24 Å². The molecule has 0 rings (SSSR count). The first-order valence-electron chi connectivity index (χ1n) is 6.84. The molecule has 0 saturated heterocycles. The van der Waals surface area contributed by atoms with Gasteiger partial charge in [0.25, 0.3) is 0 Å². The van der Waals surface area contributed by atoms with E-state index in [1.807, 2.05) is 33.8 Å². The summed E-state index contributed by atoms with van der Waals surface area (Å²) in [5, 5.41) is 0. The molecule has 0 amide bonds. The van der Waals surface area contributed by atoms with Crippen LogP contribution in [0.1, 0.15) is 55.4 Å². The van der Waals surface area contributed by atoms with Crippen LogP contribution in [0.5, 0.6) is 0 Å². The molecule has 0 aromatic carbocycles. The van der Waals surface area contributed by atoms with Crippen molar-refractivity contribution in [2.24, 2.45) is 17.4 Å². The Morgan fingerprint density at radius 2 is 1.44 bits per heavy atom. The van der Waals surface area contributed by atoms with Crippen molar-refractivity contribution in [3.8, 4) is 0 Å². The summed E-state index contributed by atoms with van der Waals surface area (Å²) in [6.07, 6.45) is 3.62. The van der Waals surface area contributed by atoms with Gasteiger partial charge in [0.05, 0.1) is 0 Å². The van der Waals surface area contributed by atoms with Gasteiger partial charge in [0.15, 0.2) is 0 Å². The van der Waals surface area contributed by atoms with Crippen LogP contribution in [0, 0.1) is 5.92 Å². The molecule has 2 nitrogen and oxygen atoms in total. The van der Waals surface area contributed by atoms with Crippen LogP contribution in [0.4, 0.5) is 0 Å². The fourth-order valence-corrected chi connectivity index (χ4v) is 1.16. The maximum Gasteiger partial charge on any atom is 0.0372 e. The molecule has 0 spiro atoms. The summed E-state index contributed by atoms with van der Waals surface area (Å²) in [5.74, 6) is 0.833. The van der Waals surface area contributed by atoms with E-state index in [1.165, 1.54) is 0 Å². The maximum absolute atomic E-state index is 5.94. The smallest absolute Gasteiger partial charge is 0.0372 e. The lowest BCUT2D eigenvalue weighted by Crippen LogP contribution is -2.31. The minimum absolute atomic E-state index is 0.0104. The molecule has 4 N–H and O–H groups in total. The Hall–Kier alpha value is -0.330. The SMILES string of the molecule is C/C=C(C)\C(=C/N)C(N)C(C)P.CC.CC(C)C. The van der Waals surface area contributed by atoms with Crippen molar-refractivity contribution in [1.82, 2.24) is 0 Å². The molecule has 0 aliphatic rings. The molecule has 0 saturated carbocycles. The molecule has 110 valence electrons. The van der Waals surface area contributed by atoms with Gasteiger partial charge in [-0.05, 0) is 42.8 Å². The second-order valence-electron chi connectivity index (χ2n) is 4.71. The molecular formula is C15H35N2P. The van der Waals surface area contributed by atoms with E-state index < -0.39 is 0 Å². The Kier molecular flexibility index (Phi) is 18.7. The zero-order valence-corrected chi connectivity index (χ0v) is 14.8. The first-order chi connectivity index (χ1) is 8.27. The summed E-state index contributed by atoms with van der Waals surface area (Å²) >= 11 is 0. The van der Waals surface area contributed by atoms with Crippen LogP contribution < -0.4 is 11.5 Å². The highest BCUT2D eigenvalue weighted by Gasteiger charge is 2.13. The molecule has 0 aliphatic heterocycles. The summed E-state index contributed by atoms with van der Waals surface area (Å²) < 4.78 is 0. The van der Waals surface area contributed by atoms with Crippen LogP contribution in [0.15, 0.2) is 23.4 Å². The molecule has 3 heteroatoms. The average molecular weight is 274 g/mol. The van der Waals surface area contributed by atoms with Crippen molar-refractivity contribution in [3.05, 3.63) is 23.4 Å². The van der Waals surface area contributed by atoms with Gasteiger partial charge in [-0.2, -0.15) is 0 Å². The topological polar surface area (TPSA) is 52.0 Å². The summed E-state index contributed by atoms with van der Waals surface area (Å²) in [7, 11) is 2.69. The van der Waals surface area contributed by atoms with Crippen molar-refractivity contribution < 1.29 is 0 Å². The summed E-state index contributed by atoms with van der Waals surface area (Å²) in [4.78, 5) is 0. The predicted molar refractivity (Wildman–Crippen MR) is 90.7 cm³/mol. The van der Waals surface area contributed by atoms with Gasteiger partial charge < -0.3 is 11.5 Å². The Labute approximate surface area is 117 Å².